The first-order valence-corrected chi connectivity index (χ1v) is 8.82. The third-order valence-electron chi connectivity index (χ3n) is 4.07. The molecule has 4 nitrogen and oxygen atoms in total. The van der Waals surface area contributed by atoms with Crippen LogP contribution in [0, 0.1) is 0 Å². The van der Waals surface area contributed by atoms with Gasteiger partial charge in [0.05, 0.1) is 5.75 Å². The van der Waals surface area contributed by atoms with Crippen LogP contribution in [0.3, 0.4) is 0 Å². The molecule has 0 aromatic heterocycles. The molecule has 1 fully saturated rings. The van der Waals surface area contributed by atoms with Crippen LogP contribution in [0.1, 0.15) is 40.5 Å². The minimum atomic E-state index is -2.84. The van der Waals surface area contributed by atoms with Crippen LogP contribution in [0.4, 0.5) is 0 Å². The van der Waals surface area contributed by atoms with Crippen LogP contribution in [-0.4, -0.2) is 56.0 Å². The fourth-order valence-corrected chi connectivity index (χ4v) is 3.02. The molecule has 108 valence electrons. The lowest BCUT2D eigenvalue weighted by Crippen LogP contribution is -2.67. The second-order valence-electron chi connectivity index (χ2n) is 6.49. The van der Waals surface area contributed by atoms with Crippen molar-refractivity contribution in [2.75, 3.05) is 31.6 Å². The Labute approximate surface area is 112 Å². The van der Waals surface area contributed by atoms with Crippen molar-refractivity contribution in [1.29, 1.82) is 0 Å². The predicted octanol–water partition coefficient (Wildman–Crippen LogP) is 1.27. The third-order valence-corrected chi connectivity index (χ3v) is 5.10. The van der Waals surface area contributed by atoms with E-state index >= 15 is 0 Å². The standard InChI is InChI=1S/C13H28N2O2S/c1-6-13(4)11-15(12(2,3)10-14-13)8-7-9-18(5,16)17/h14H,6-11H2,1-5H3. The molecule has 0 aliphatic carbocycles. The predicted molar refractivity (Wildman–Crippen MR) is 76.7 cm³/mol. The quantitative estimate of drug-likeness (QED) is 0.822. The van der Waals surface area contributed by atoms with Gasteiger partial charge in [-0.2, -0.15) is 0 Å². The first-order chi connectivity index (χ1) is 8.08. The Balaban J connectivity index is 2.59. The summed E-state index contributed by atoms with van der Waals surface area (Å²) in [6.07, 6.45) is 3.12. The fourth-order valence-electron chi connectivity index (χ4n) is 2.37. The number of nitrogens with one attached hydrogen (secondary N) is 1. The first kappa shape index (κ1) is 15.9. The van der Waals surface area contributed by atoms with Crippen molar-refractivity contribution in [3.05, 3.63) is 0 Å². The normalized spacial score (nSPS) is 29.4. The lowest BCUT2D eigenvalue weighted by atomic mass is 9.88. The Kier molecular flexibility index (Phi) is 4.84. The Hall–Kier alpha value is -0.130. The zero-order chi connectivity index (χ0) is 14.0. The summed E-state index contributed by atoms with van der Waals surface area (Å²) in [5, 5.41) is 3.61. The van der Waals surface area contributed by atoms with E-state index in [4.69, 9.17) is 0 Å². The summed E-state index contributed by atoms with van der Waals surface area (Å²) in [6.45, 7) is 11.7. The van der Waals surface area contributed by atoms with Gasteiger partial charge in [0.25, 0.3) is 0 Å². The molecular weight excluding hydrogens is 248 g/mol. The maximum absolute atomic E-state index is 11.2. The highest BCUT2D eigenvalue weighted by molar-refractivity contribution is 7.90. The molecule has 1 saturated heterocycles. The van der Waals surface area contributed by atoms with Crippen LogP contribution >= 0.6 is 0 Å². The molecule has 0 saturated carbocycles. The summed E-state index contributed by atoms with van der Waals surface area (Å²) in [6, 6.07) is 0. The highest BCUT2D eigenvalue weighted by atomic mass is 32.2. The zero-order valence-corrected chi connectivity index (χ0v) is 13.2. The summed E-state index contributed by atoms with van der Waals surface area (Å²) in [7, 11) is -2.84. The van der Waals surface area contributed by atoms with Gasteiger partial charge in [0.2, 0.25) is 0 Å². The van der Waals surface area contributed by atoms with E-state index in [1.54, 1.807) is 0 Å². The summed E-state index contributed by atoms with van der Waals surface area (Å²) in [5.41, 5.74) is 0.257. The number of nitrogens with zero attached hydrogens (tertiary/aromatic N) is 1. The average Bonchev–Trinajstić information content (AvgIpc) is 2.22. The van der Waals surface area contributed by atoms with Gasteiger partial charge in [0, 0.05) is 30.4 Å². The molecule has 0 aromatic rings. The second-order valence-corrected chi connectivity index (χ2v) is 8.74. The Morgan fingerprint density at radius 1 is 1.28 bits per heavy atom. The Bertz CT molecular complexity index is 378. The Morgan fingerprint density at radius 2 is 1.89 bits per heavy atom. The highest BCUT2D eigenvalue weighted by Crippen LogP contribution is 2.25. The van der Waals surface area contributed by atoms with E-state index < -0.39 is 9.84 Å². The van der Waals surface area contributed by atoms with Crippen molar-refractivity contribution < 1.29 is 8.42 Å². The lowest BCUT2D eigenvalue weighted by molar-refractivity contribution is 0.0316. The van der Waals surface area contributed by atoms with E-state index in [9.17, 15) is 8.42 Å². The number of hydrogen-bond donors (Lipinski definition) is 1. The number of sulfone groups is 1. The van der Waals surface area contributed by atoms with Gasteiger partial charge in [-0.3, -0.25) is 4.90 Å². The fraction of sp³-hybridized carbons (Fsp3) is 1.00. The Morgan fingerprint density at radius 3 is 2.39 bits per heavy atom. The van der Waals surface area contributed by atoms with Crippen LogP contribution in [0.25, 0.3) is 0 Å². The van der Waals surface area contributed by atoms with Crippen LogP contribution in [0.5, 0.6) is 0 Å². The monoisotopic (exact) mass is 276 g/mol. The number of piperazine rings is 1. The molecule has 5 heteroatoms. The topological polar surface area (TPSA) is 49.4 Å². The van der Waals surface area contributed by atoms with Gasteiger partial charge in [-0.1, -0.05) is 6.92 Å². The molecule has 0 spiro atoms. The summed E-state index contributed by atoms with van der Waals surface area (Å²) >= 11 is 0. The maximum atomic E-state index is 11.2. The van der Waals surface area contributed by atoms with Crippen molar-refractivity contribution in [3.8, 4) is 0 Å². The smallest absolute Gasteiger partial charge is 0.147 e. The van der Waals surface area contributed by atoms with Gasteiger partial charge in [0.1, 0.15) is 9.84 Å². The number of rotatable bonds is 5. The molecule has 1 aliphatic rings. The molecule has 1 heterocycles. The highest BCUT2D eigenvalue weighted by Gasteiger charge is 2.38. The van der Waals surface area contributed by atoms with Gasteiger partial charge in [0.15, 0.2) is 0 Å². The van der Waals surface area contributed by atoms with Crippen LogP contribution < -0.4 is 5.32 Å². The SMILES string of the molecule is CCC1(C)CN(CCCS(C)(=O)=O)C(C)(C)CN1. The molecule has 1 unspecified atom stereocenters. The summed E-state index contributed by atoms with van der Waals surface area (Å²) in [5.74, 6) is 0.288. The summed E-state index contributed by atoms with van der Waals surface area (Å²) < 4.78 is 22.4. The third kappa shape index (κ3) is 4.52. The molecule has 1 rings (SSSR count). The van der Waals surface area contributed by atoms with Crippen molar-refractivity contribution >= 4 is 9.84 Å². The van der Waals surface area contributed by atoms with Gasteiger partial charge in [-0.15, -0.1) is 0 Å². The first-order valence-electron chi connectivity index (χ1n) is 6.76. The lowest BCUT2D eigenvalue weighted by Gasteiger charge is -2.50. The van der Waals surface area contributed by atoms with E-state index in [1.807, 2.05) is 0 Å². The van der Waals surface area contributed by atoms with Crippen molar-refractivity contribution in [2.45, 2.75) is 51.6 Å². The maximum Gasteiger partial charge on any atom is 0.147 e. The molecule has 1 N–H and O–H groups in total. The van der Waals surface area contributed by atoms with E-state index in [-0.39, 0.29) is 16.8 Å². The molecule has 0 radical (unpaired) electrons. The van der Waals surface area contributed by atoms with E-state index in [0.29, 0.717) is 0 Å². The van der Waals surface area contributed by atoms with E-state index in [2.05, 4.69) is 37.9 Å². The van der Waals surface area contributed by atoms with Crippen molar-refractivity contribution in [2.24, 2.45) is 0 Å². The van der Waals surface area contributed by atoms with E-state index in [0.717, 1.165) is 32.5 Å². The molecule has 0 amide bonds. The minimum Gasteiger partial charge on any atom is -0.308 e. The zero-order valence-electron chi connectivity index (χ0n) is 12.4. The van der Waals surface area contributed by atoms with Crippen LogP contribution in [0.15, 0.2) is 0 Å². The molecule has 18 heavy (non-hydrogen) atoms. The van der Waals surface area contributed by atoms with Gasteiger partial charge in [-0.05, 0) is 40.2 Å². The molecule has 1 aliphatic heterocycles. The minimum absolute atomic E-state index is 0.103. The van der Waals surface area contributed by atoms with Gasteiger partial charge >= 0.3 is 0 Å². The van der Waals surface area contributed by atoms with Crippen molar-refractivity contribution in [1.82, 2.24) is 10.2 Å². The van der Waals surface area contributed by atoms with Gasteiger partial charge < -0.3 is 5.32 Å². The van der Waals surface area contributed by atoms with Crippen molar-refractivity contribution in [3.63, 3.8) is 0 Å². The van der Waals surface area contributed by atoms with Gasteiger partial charge in [-0.25, -0.2) is 8.42 Å². The van der Waals surface area contributed by atoms with Crippen LogP contribution in [-0.2, 0) is 9.84 Å². The molecule has 0 aromatic carbocycles. The molecular formula is C13H28N2O2S. The average molecular weight is 276 g/mol. The largest absolute Gasteiger partial charge is 0.308 e. The molecule has 0 bridgehead atoms. The second kappa shape index (κ2) is 5.47. The summed E-state index contributed by atoms with van der Waals surface area (Å²) in [4.78, 5) is 2.43. The van der Waals surface area contributed by atoms with Crippen LogP contribution in [0.2, 0.25) is 0 Å². The van der Waals surface area contributed by atoms with E-state index in [1.165, 1.54) is 6.26 Å². The number of hydrogen-bond acceptors (Lipinski definition) is 4. The molecule has 1 atom stereocenters.